The summed E-state index contributed by atoms with van der Waals surface area (Å²) in [4.78, 5) is 28.4. The normalized spacial score (nSPS) is 10.7. The molecule has 0 unspecified atom stereocenters. The average molecular weight is 405 g/mol. The van der Waals surface area contributed by atoms with E-state index < -0.39 is 34.8 Å². The molecule has 1 heterocycles. The van der Waals surface area contributed by atoms with Crippen molar-refractivity contribution in [2.75, 3.05) is 19.5 Å². The Morgan fingerprint density at radius 1 is 1.00 bits per heavy atom. The van der Waals surface area contributed by atoms with Gasteiger partial charge in [0, 0.05) is 17.6 Å². The zero-order chi connectivity index (χ0) is 21.3. The Balaban J connectivity index is 2.19. The topological polar surface area (TPSA) is 104 Å². The molecule has 3 aromatic rings. The lowest BCUT2D eigenvalue weighted by atomic mass is 10.1. The molecule has 0 atom stereocenters. The minimum absolute atomic E-state index is 0.0995. The van der Waals surface area contributed by atoms with Gasteiger partial charge in [0.05, 0.1) is 36.6 Å². The van der Waals surface area contributed by atoms with Gasteiger partial charge >= 0.3 is 0 Å². The van der Waals surface area contributed by atoms with E-state index in [1.54, 1.807) is 0 Å². The summed E-state index contributed by atoms with van der Waals surface area (Å²) in [5, 5.41) is 2.55. The third-order valence-electron chi connectivity index (χ3n) is 4.16. The first kappa shape index (κ1) is 19.9. The number of benzene rings is 2. The van der Waals surface area contributed by atoms with Crippen LogP contribution in [0.1, 0.15) is 20.7 Å². The Hall–Kier alpha value is -3.82. The number of primary amides is 1. The van der Waals surface area contributed by atoms with Gasteiger partial charge in [0.2, 0.25) is 0 Å². The van der Waals surface area contributed by atoms with Gasteiger partial charge in [0.15, 0.2) is 29.0 Å². The monoisotopic (exact) mass is 405 g/mol. The van der Waals surface area contributed by atoms with Gasteiger partial charge in [-0.25, -0.2) is 13.2 Å². The Kier molecular flexibility index (Phi) is 5.26. The SMILES string of the molecule is COc1cc2ncc(C(N)=O)c(NC(=O)c3ccc(F)c(F)c3F)c2cc1OC. The number of nitrogens with zero attached hydrogens (tertiary/aromatic N) is 1. The van der Waals surface area contributed by atoms with Gasteiger partial charge in [-0.3, -0.25) is 14.6 Å². The van der Waals surface area contributed by atoms with Crippen LogP contribution in [0.3, 0.4) is 0 Å². The van der Waals surface area contributed by atoms with E-state index in [9.17, 15) is 22.8 Å². The molecule has 0 aliphatic heterocycles. The Morgan fingerprint density at radius 2 is 1.66 bits per heavy atom. The first-order chi connectivity index (χ1) is 13.8. The summed E-state index contributed by atoms with van der Waals surface area (Å²) in [5.74, 6) is -6.34. The van der Waals surface area contributed by atoms with Crippen LogP contribution in [0.2, 0.25) is 0 Å². The molecule has 0 saturated carbocycles. The Morgan fingerprint density at radius 3 is 2.28 bits per heavy atom. The molecule has 0 fully saturated rings. The van der Waals surface area contributed by atoms with Gasteiger partial charge in [0.25, 0.3) is 11.8 Å². The molecular formula is C19H14F3N3O4. The van der Waals surface area contributed by atoms with Crippen LogP contribution >= 0.6 is 0 Å². The molecule has 0 spiro atoms. The molecule has 7 nitrogen and oxygen atoms in total. The largest absolute Gasteiger partial charge is 0.493 e. The molecule has 2 aromatic carbocycles. The van der Waals surface area contributed by atoms with Crippen molar-refractivity contribution in [1.29, 1.82) is 0 Å². The maximum atomic E-state index is 14.0. The van der Waals surface area contributed by atoms with Gasteiger partial charge in [-0.15, -0.1) is 0 Å². The number of carbonyl (C=O) groups is 2. The van der Waals surface area contributed by atoms with E-state index in [0.717, 1.165) is 12.3 Å². The molecule has 10 heteroatoms. The van der Waals surface area contributed by atoms with Crippen molar-refractivity contribution in [3.8, 4) is 11.5 Å². The average Bonchev–Trinajstić information content (AvgIpc) is 2.70. The molecule has 0 saturated heterocycles. The number of halogens is 3. The second-order valence-electron chi connectivity index (χ2n) is 5.81. The highest BCUT2D eigenvalue weighted by Gasteiger charge is 2.22. The number of methoxy groups -OCH3 is 2. The maximum absolute atomic E-state index is 14.0. The number of hydrogen-bond acceptors (Lipinski definition) is 5. The number of nitrogens with one attached hydrogen (secondary N) is 1. The number of ether oxygens (including phenoxy) is 2. The third kappa shape index (κ3) is 3.51. The van der Waals surface area contributed by atoms with E-state index in [0.29, 0.717) is 17.3 Å². The highest BCUT2D eigenvalue weighted by molar-refractivity contribution is 6.14. The molecule has 3 rings (SSSR count). The summed E-state index contributed by atoms with van der Waals surface area (Å²) >= 11 is 0. The number of carbonyl (C=O) groups excluding carboxylic acids is 2. The van der Waals surface area contributed by atoms with Crippen LogP contribution in [0.5, 0.6) is 11.5 Å². The number of fused-ring (bicyclic) bond motifs is 1. The van der Waals surface area contributed by atoms with Crippen molar-refractivity contribution in [2.24, 2.45) is 5.73 Å². The number of rotatable bonds is 5. The van der Waals surface area contributed by atoms with E-state index in [1.807, 2.05) is 0 Å². The lowest BCUT2D eigenvalue weighted by Crippen LogP contribution is -2.20. The van der Waals surface area contributed by atoms with Crippen LogP contribution in [0.25, 0.3) is 10.9 Å². The predicted molar refractivity (Wildman–Crippen MR) is 97.6 cm³/mol. The number of aromatic nitrogens is 1. The van der Waals surface area contributed by atoms with Crippen LogP contribution < -0.4 is 20.5 Å². The first-order valence-corrected chi connectivity index (χ1v) is 8.07. The molecule has 0 aliphatic carbocycles. The van der Waals surface area contributed by atoms with Crippen molar-refractivity contribution in [3.63, 3.8) is 0 Å². The fourth-order valence-corrected chi connectivity index (χ4v) is 2.72. The second-order valence-corrected chi connectivity index (χ2v) is 5.81. The van der Waals surface area contributed by atoms with Crippen LogP contribution in [-0.4, -0.2) is 31.0 Å². The number of pyridine rings is 1. The minimum atomic E-state index is -1.79. The van der Waals surface area contributed by atoms with E-state index in [-0.39, 0.29) is 22.4 Å². The zero-order valence-corrected chi connectivity index (χ0v) is 15.2. The summed E-state index contributed by atoms with van der Waals surface area (Å²) in [6.45, 7) is 0. The van der Waals surface area contributed by atoms with E-state index in [1.165, 1.54) is 26.4 Å². The molecular weight excluding hydrogens is 391 g/mol. The smallest absolute Gasteiger partial charge is 0.258 e. The Labute approximate surface area is 162 Å². The second kappa shape index (κ2) is 7.66. The fourth-order valence-electron chi connectivity index (χ4n) is 2.72. The molecule has 0 aliphatic rings. The van der Waals surface area contributed by atoms with Crippen LogP contribution in [0.4, 0.5) is 18.9 Å². The summed E-state index contributed by atoms with van der Waals surface area (Å²) in [5.41, 5.74) is 4.61. The predicted octanol–water partition coefficient (Wildman–Crippen LogP) is 3.02. The molecule has 0 bridgehead atoms. The van der Waals surface area contributed by atoms with Gasteiger partial charge in [-0.05, 0) is 18.2 Å². The van der Waals surface area contributed by atoms with Gasteiger partial charge in [-0.2, -0.15) is 0 Å². The van der Waals surface area contributed by atoms with Gasteiger partial charge < -0.3 is 20.5 Å². The molecule has 1 aromatic heterocycles. The van der Waals surface area contributed by atoms with E-state index in [2.05, 4.69) is 10.3 Å². The number of hydrogen-bond donors (Lipinski definition) is 2. The molecule has 2 amide bonds. The lowest BCUT2D eigenvalue weighted by Gasteiger charge is -2.15. The van der Waals surface area contributed by atoms with E-state index >= 15 is 0 Å². The zero-order valence-electron chi connectivity index (χ0n) is 15.2. The summed E-state index contributed by atoms with van der Waals surface area (Å²) in [7, 11) is 2.79. The summed E-state index contributed by atoms with van der Waals surface area (Å²) in [6, 6.07) is 4.32. The number of anilines is 1. The quantitative estimate of drug-likeness (QED) is 0.635. The number of nitrogens with two attached hydrogens (primary N) is 1. The van der Waals surface area contributed by atoms with Gasteiger partial charge in [-0.1, -0.05) is 0 Å². The molecule has 29 heavy (non-hydrogen) atoms. The molecule has 150 valence electrons. The van der Waals surface area contributed by atoms with Crippen molar-refractivity contribution < 1.29 is 32.2 Å². The fraction of sp³-hybridized carbons (Fsp3) is 0.105. The van der Waals surface area contributed by atoms with Crippen molar-refractivity contribution in [1.82, 2.24) is 4.98 Å². The third-order valence-corrected chi connectivity index (χ3v) is 4.16. The summed E-state index contributed by atoms with van der Waals surface area (Å²) in [6.07, 6.45) is 1.12. The van der Waals surface area contributed by atoms with Crippen LogP contribution in [-0.2, 0) is 0 Å². The highest BCUT2D eigenvalue weighted by atomic mass is 19.2. The first-order valence-electron chi connectivity index (χ1n) is 8.07. The summed E-state index contributed by atoms with van der Waals surface area (Å²) < 4.78 is 51.0. The van der Waals surface area contributed by atoms with Crippen molar-refractivity contribution >= 4 is 28.4 Å². The minimum Gasteiger partial charge on any atom is -0.493 e. The van der Waals surface area contributed by atoms with Gasteiger partial charge in [0.1, 0.15) is 0 Å². The van der Waals surface area contributed by atoms with Crippen molar-refractivity contribution in [2.45, 2.75) is 0 Å². The molecule has 3 N–H and O–H groups in total. The highest BCUT2D eigenvalue weighted by Crippen LogP contribution is 2.36. The van der Waals surface area contributed by atoms with Crippen LogP contribution in [0, 0.1) is 17.5 Å². The molecule has 0 radical (unpaired) electrons. The van der Waals surface area contributed by atoms with E-state index in [4.69, 9.17) is 15.2 Å². The Bertz CT molecular complexity index is 1150. The lowest BCUT2D eigenvalue weighted by molar-refractivity contribution is 0.100. The standard InChI is InChI=1S/C19H14F3N3O4/c1-28-13-5-9-12(6-14(13)29-2)24-7-10(18(23)26)17(9)25-19(27)8-3-4-11(20)16(22)15(8)21/h3-7H,1-2H3,(H2,23,26)(H,24,25,27). The maximum Gasteiger partial charge on any atom is 0.258 e. The van der Waals surface area contributed by atoms with Crippen LogP contribution in [0.15, 0.2) is 30.5 Å². The number of amides is 2. The van der Waals surface area contributed by atoms with Crippen molar-refractivity contribution in [3.05, 3.63) is 59.0 Å².